The quantitative estimate of drug-likeness (QED) is 0.641. The molecule has 1 aliphatic rings. The third kappa shape index (κ3) is 6.30. The number of hydrogen-bond donors (Lipinski definition) is 0. The highest BCUT2D eigenvalue weighted by atomic mass is 16.6. The van der Waals surface area contributed by atoms with Crippen molar-refractivity contribution in [1.29, 1.82) is 0 Å². The molecule has 0 radical (unpaired) electrons. The summed E-state index contributed by atoms with van der Waals surface area (Å²) in [6.07, 6.45) is 7.99. The molecule has 0 saturated carbocycles. The number of aromatic nitrogens is 3. The van der Waals surface area contributed by atoms with E-state index in [2.05, 4.69) is 38.0 Å². The number of ether oxygens (including phenoxy) is 2. The van der Waals surface area contributed by atoms with Crippen molar-refractivity contribution in [2.75, 3.05) is 6.61 Å². The van der Waals surface area contributed by atoms with E-state index in [4.69, 9.17) is 9.47 Å². The average Bonchev–Trinajstić information content (AvgIpc) is 2.95. The summed E-state index contributed by atoms with van der Waals surface area (Å²) in [5.41, 5.74) is 1.47. The summed E-state index contributed by atoms with van der Waals surface area (Å²) in [6, 6.07) is 0. The van der Waals surface area contributed by atoms with Gasteiger partial charge >= 0.3 is 5.97 Å². The number of fused-ring (bicyclic) bond motifs is 1. The first-order valence-electron chi connectivity index (χ1n) is 10.4. The minimum atomic E-state index is -0.447. The summed E-state index contributed by atoms with van der Waals surface area (Å²) in [5, 5.41) is 8.83. The van der Waals surface area contributed by atoms with Crippen molar-refractivity contribution >= 4 is 5.97 Å². The number of carbonyl (C=O) groups is 1. The Morgan fingerprint density at radius 2 is 1.93 bits per heavy atom. The number of unbranched alkanes of at least 4 members (excludes halogenated alkanes) is 1. The molecule has 1 atom stereocenters. The first kappa shape index (κ1) is 21.9. The van der Waals surface area contributed by atoms with E-state index in [1.807, 2.05) is 18.5 Å². The normalized spacial score (nSPS) is 18.5. The maximum absolute atomic E-state index is 12.3. The Morgan fingerprint density at radius 3 is 2.59 bits per heavy atom. The number of hydrogen-bond acceptors (Lipinski definition) is 5. The zero-order chi connectivity index (χ0) is 20.1. The van der Waals surface area contributed by atoms with Crippen molar-refractivity contribution in [3.05, 3.63) is 11.4 Å². The summed E-state index contributed by atoms with van der Waals surface area (Å²) in [6.45, 7) is 12.4. The smallest absolute Gasteiger partial charge is 0.332 e. The molecule has 2 rings (SSSR count). The van der Waals surface area contributed by atoms with Crippen LogP contribution in [0.25, 0.3) is 0 Å². The summed E-state index contributed by atoms with van der Waals surface area (Å²) in [4.78, 5) is 12.3. The molecular formula is C21H37N3O3. The Labute approximate surface area is 164 Å². The molecule has 154 valence electrons. The van der Waals surface area contributed by atoms with Crippen LogP contribution in [-0.4, -0.2) is 33.2 Å². The summed E-state index contributed by atoms with van der Waals surface area (Å²) < 4.78 is 13.6. The molecule has 27 heavy (non-hydrogen) atoms. The second kappa shape index (κ2) is 9.18. The minimum absolute atomic E-state index is 0.0396. The van der Waals surface area contributed by atoms with E-state index in [1.54, 1.807) is 0 Å². The molecule has 0 aromatic carbocycles. The molecule has 1 aromatic rings. The van der Waals surface area contributed by atoms with Crippen LogP contribution in [0.1, 0.15) is 104 Å². The molecule has 6 nitrogen and oxygen atoms in total. The van der Waals surface area contributed by atoms with Crippen LogP contribution < -0.4 is 0 Å². The van der Waals surface area contributed by atoms with Gasteiger partial charge in [-0.15, -0.1) is 5.10 Å². The third-order valence-corrected chi connectivity index (χ3v) is 5.04. The van der Waals surface area contributed by atoms with Gasteiger partial charge < -0.3 is 9.47 Å². The zero-order valence-electron chi connectivity index (χ0n) is 18.0. The highest BCUT2D eigenvalue weighted by Crippen LogP contribution is 2.31. The fourth-order valence-corrected chi connectivity index (χ4v) is 3.59. The predicted octanol–water partition coefficient (Wildman–Crippen LogP) is 4.72. The zero-order valence-corrected chi connectivity index (χ0v) is 18.0. The largest absolute Gasteiger partial charge is 0.458 e. The molecule has 1 heterocycles. The SMILES string of the molecule is CCCCC(C)(C)OC(=O)COC1CCCCCc2c1nnn2C(C)(C)C. The number of esters is 1. The van der Waals surface area contributed by atoms with Gasteiger partial charge in [-0.1, -0.05) is 31.4 Å². The highest BCUT2D eigenvalue weighted by molar-refractivity contribution is 5.71. The molecule has 6 heteroatoms. The van der Waals surface area contributed by atoms with Gasteiger partial charge in [0, 0.05) is 0 Å². The van der Waals surface area contributed by atoms with Crippen molar-refractivity contribution in [3.8, 4) is 0 Å². The maximum Gasteiger partial charge on any atom is 0.332 e. The van der Waals surface area contributed by atoms with Crippen molar-refractivity contribution in [2.24, 2.45) is 0 Å². The van der Waals surface area contributed by atoms with Crippen molar-refractivity contribution < 1.29 is 14.3 Å². The minimum Gasteiger partial charge on any atom is -0.458 e. The van der Waals surface area contributed by atoms with Crippen LogP contribution in [0.3, 0.4) is 0 Å². The van der Waals surface area contributed by atoms with E-state index >= 15 is 0 Å². The van der Waals surface area contributed by atoms with Gasteiger partial charge in [-0.3, -0.25) is 0 Å². The number of carbonyl (C=O) groups excluding carboxylic acids is 1. The summed E-state index contributed by atoms with van der Waals surface area (Å²) in [7, 11) is 0. The van der Waals surface area contributed by atoms with Crippen LogP contribution in [0.4, 0.5) is 0 Å². The lowest BCUT2D eigenvalue weighted by atomic mass is 9.97. The van der Waals surface area contributed by atoms with Crippen molar-refractivity contribution in [1.82, 2.24) is 15.0 Å². The predicted molar refractivity (Wildman–Crippen MR) is 106 cm³/mol. The summed E-state index contributed by atoms with van der Waals surface area (Å²) in [5.74, 6) is -0.303. The molecule has 1 aromatic heterocycles. The Bertz CT molecular complexity index is 617. The second-order valence-electron chi connectivity index (χ2n) is 9.24. The van der Waals surface area contributed by atoms with Gasteiger partial charge in [0.05, 0.1) is 11.2 Å². The van der Waals surface area contributed by atoms with Crippen molar-refractivity contribution in [3.63, 3.8) is 0 Å². The van der Waals surface area contributed by atoms with Crippen molar-refractivity contribution in [2.45, 2.75) is 110 Å². The Hall–Kier alpha value is -1.43. The van der Waals surface area contributed by atoms with E-state index in [-0.39, 0.29) is 24.2 Å². The van der Waals surface area contributed by atoms with Crippen LogP contribution in [-0.2, 0) is 26.2 Å². The lowest BCUT2D eigenvalue weighted by Crippen LogP contribution is -2.30. The fraction of sp³-hybridized carbons (Fsp3) is 0.857. The molecule has 0 saturated heterocycles. The van der Waals surface area contributed by atoms with Crippen LogP contribution in [0, 0.1) is 0 Å². The molecule has 0 spiro atoms. The van der Waals surface area contributed by atoms with Gasteiger partial charge in [0.25, 0.3) is 0 Å². The maximum atomic E-state index is 12.3. The molecule has 0 fully saturated rings. The molecular weight excluding hydrogens is 342 g/mol. The topological polar surface area (TPSA) is 66.2 Å². The van der Waals surface area contributed by atoms with Crippen LogP contribution in [0.2, 0.25) is 0 Å². The van der Waals surface area contributed by atoms with Gasteiger partial charge in [-0.05, 0) is 66.7 Å². The van der Waals surface area contributed by atoms with Crippen LogP contribution in [0.15, 0.2) is 0 Å². The van der Waals surface area contributed by atoms with Gasteiger partial charge in [-0.2, -0.15) is 0 Å². The number of nitrogens with zero attached hydrogens (tertiary/aromatic N) is 3. The van der Waals surface area contributed by atoms with E-state index in [1.165, 1.54) is 0 Å². The number of rotatable bonds is 7. The lowest BCUT2D eigenvalue weighted by Gasteiger charge is -2.26. The summed E-state index contributed by atoms with van der Waals surface area (Å²) >= 11 is 0. The molecule has 0 aliphatic heterocycles. The first-order chi connectivity index (χ1) is 12.6. The fourth-order valence-electron chi connectivity index (χ4n) is 3.59. The van der Waals surface area contributed by atoms with Crippen LogP contribution in [0.5, 0.6) is 0 Å². The molecule has 0 bridgehead atoms. The van der Waals surface area contributed by atoms with Gasteiger partial charge in [0.2, 0.25) is 0 Å². The molecule has 0 amide bonds. The highest BCUT2D eigenvalue weighted by Gasteiger charge is 2.29. The second-order valence-corrected chi connectivity index (χ2v) is 9.24. The Morgan fingerprint density at radius 1 is 1.19 bits per heavy atom. The molecule has 0 N–H and O–H groups in total. The Balaban J connectivity index is 2.04. The molecule has 1 unspecified atom stereocenters. The average molecular weight is 380 g/mol. The third-order valence-electron chi connectivity index (χ3n) is 5.04. The van der Waals surface area contributed by atoms with Crippen LogP contribution >= 0.6 is 0 Å². The van der Waals surface area contributed by atoms with E-state index < -0.39 is 5.60 Å². The van der Waals surface area contributed by atoms with Gasteiger partial charge in [0.15, 0.2) is 0 Å². The lowest BCUT2D eigenvalue weighted by molar-refractivity contribution is -0.165. The first-order valence-corrected chi connectivity index (χ1v) is 10.4. The standard InChI is InChI=1S/C21H37N3O3/c1-7-8-14-21(5,6)27-18(25)15-26-17-13-11-9-10-12-16-19(17)22-23-24(16)20(2,3)4/h17H,7-15H2,1-6H3. The van der Waals surface area contributed by atoms with Gasteiger partial charge in [0.1, 0.15) is 24.0 Å². The van der Waals surface area contributed by atoms with E-state index in [0.717, 1.165) is 62.8 Å². The molecule has 1 aliphatic carbocycles. The van der Waals surface area contributed by atoms with Gasteiger partial charge in [-0.25, -0.2) is 9.48 Å². The Kier molecular flexibility index (Phi) is 7.43. The monoisotopic (exact) mass is 379 g/mol. The van der Waals surface area contributed by atoms with E-state index in [0.29, 0.717) is 0 Å². The van der Waals surface area contributed by atoms with E-state index in [9.17, 15) is 4.79 Å².